The van der Waals surface area contributed by atoms with Crippen LogP contribution in [0.3, 0.4) is 0 Å². The van der Waals surface area contributed by atoms with Gasteiger partial charge in [-0.2, -0.15) is 13.2 Å². The summed E-state index contributed by atoms with van der Waals surface area (Å²) in [6, 6.07) is 4.24. The van der Waals surface area contributed by atoms with Gasteiger partial charge in [-0.3, -0.25) is 0 Å². The zero-order valence-electron chi connectivity index (χ0n) is 10.4. The van der Waals surface area contributed by atoms with Crippen molar-refractivity contribution in [2.24, 2.45) is 11.7 Å². The Hall–Kier alpha value is -1.30. The van der Waals surface area contributed by atoms with E-state index in [9.17, 15) is 17.6 Å². The van der Waals surface area contributed by atoms with E-state index in [1.54, 1.807) is 6.07 Å². The molecule has 19 heavy (non-hydrogen) atoms. The molecule has 0 radical (unpaired) electrons. The smallest absolute Gasteiger partial charge is 0.371 e. The van der Waals surface area contributed by atoms with Gasteiger partial charge >= 0.3 is 6.18 Å². The van der Waals surface area contributed by atoms with E-state index in [0.717, 1.165) is 5.69 Å². The summed E-state index contributed by atoms with van der Waals surface area (Å²) in [5, 5.41) is 0. The predicted octanol–water partition coefficient (Wildman–Crippen LogP) is 3.06. The van der Waals surface area contributed by atoms with Crippen LogP contribution in [0.2, 0.25) is 0 Å². The number of benzene rings is 1. The lowest BCUT2D eigenvalue weighted by atomic mass is 9.95. The summed E-state index contributed by atoms with van der Waals surface area (Å²) < 4.78 is 50.8. The van der Waals surface area contributed by atoms with Crippen LogP contribution >= 0.6 is 0 Å². The molecule has 0 spiro atoms. The van der Waals surface area contributed by atoms with Crippen molar-refractivity contribution in [3.05, 3.63) is 29.6 Å². The third kappa shape index (κ3) is 3.18. The average molecular weight is 276 g/mol. The molecule has 1 aromatic carbocycles. The van der Waals surface area contributed by atoms with Gasteiger partial charge in [-0.1, -0.05) is 0 Å². The largest absolute Gasteiger partial charge is 0.391 e. The molecule has 0 amide bonds. The van der Waals surface area contributed by atoms with Crippen LogP contribution in [0.5, 0.6) is 0 Å². The van der Waals surface area contributed by atoms with Crippen LogP contribution in [0.1, 0.15) is 18.4 Å². The lowest BCUT2D eigenvalue weighted by Gasteiger charge is -2.35. The Balaban J connectivity index is 2.10. The molecule has 0 bridgehead atoms. The fourth-order valence-electron chi connectivity index (χ4n) is 2.47. The highest BCUT2D eigenvalue weighted by atomic mass is 19.4. The monoisotopic (exact) mass is 276 g/mol. The van der Waals surface area contributed by atoms with Gasteiger partial charge in [0.15, 0.2) is 0 Å². The Morgan fingerprint density at radius 1 is 1.21 bits per heavy atom. The zero-order chi connectivity index (χ0) is 14.0. The van der Waals surface area contributed by atoms with Crippen molar-refractivity contribution in [1.29, 1.82) is 0 Å². The molecule has 2 N–H and O–H groups in total. The summed E-state index contributed by atoms with van der Waals surface area (Å²) in [7, 11) is 0. The van der Waals surface area contributed by atoms with Gasteiger partial charge in [0.25, 0.3) is 0 Å². The molecule has 0 atom stereocenters. The van der Waals surface area contributed by atoms with Gasteiger partial charge in [0.05, 0.1) is 5.92 Å². The normalized spacial score (nSPS) is 17.8. The molecular weight excluding hydrogens is 260 g/mol. The topological polar surface area (TPSA) is 29.3 Å². The van der Waals surface area contributed by atoms with Gasteiger partial charge < -0.3 is 10.6 Å². The number of hydrogen-bond acceptors (Lipinski definition) is 2. The number of piperidine rings is 1. The molecule has 0 aliphatic carbocycles. The molecule has 2 nitrogen and oxygen atoms in total. The summed E-state index contributed by atoms with van der Waals surface area (Å²) in [5.74, 6) is -1.61. The highest BCUT2D eigenvalue weighted by Crippen LogP contribution is 2.36. The molecule has 2 rings (SSSR count). The van der Waals surface area contributed by atoms with E-state index in [0.29, 0.717) is 18.7 Å². The van der Waals surface area contributed by atoms with E-state index in [-0.39, 0.29) is 25.2 Å². The number of hydrogen-bond donors (Lipinski definition) is 1. The fraction of sp³-hybridized carbons (Fsp3) is 0.538. The molecule has 1 aliphatic rings. The fourth-order valence-corrected chi connectivity index (χ4v) is 2.47. The van der Waals surface area contributed by atoms with E-state index >= 15 is 0 Å². The first-order valence-electron chi connectivity index (χ1n) is 6.22. The van der Waals surface area contributed by atoms with E-state index in [1.165, 1.54) is 12.1 Å². The zero-order valence-corrected chi connectivity index (χ0v) is 10.4. The van der Waals surface area contributed by atoms with Crippen LogP contribution in [0.15, 0.2) is 18.2 Å². The summed E-state index contributed by atoms with van der Waals surface area (Å²) in [6.45, 7) is 0.817. The van der Waals surface area contributed by atoms with Crippen LogP contribution < -0.4 is 10.6 Å². The van der Waals surface area contributed by atoms with E-state index in [4.69, 9.17) is 5.73 Å². The van der Waals surface area contributed by atoms with Crippen molar-refractivity contribution in [3.8, 4) is 0 Å². The molecule has 0 unspecified atom stereocenters. The summed E-state index contributed by atoms with van der Waals surface area (Å²) >= 11 is 0. The highest BCUT2D eigenvalue weighted by Gasteiger charge is 2.41. The minimum atomic E-state index is -4.12. The predicted molar refractivity (Wildman–Crippen MR) is 65.3 cm³/mol. The standard InChI is InChI=1S/C13H16F4N2/c14-11-1-2-12(9(7-11)8-18)19-5-3-10(4-6-19)13(15,16)17/h1-2,7,10H,3-6,8,18H2. The Morgan fingerprint density at radius 2 is 1.84 bits per heavy atom. The van der Waals surface area contributed by atoms with Gasteiger partial charge in [-0.15, -0.1) is 0 Å². The quantitative estimate of drug-likeness (QED) is 0.841. The molecule has 1 aromatic rings. The van der Waals surface area contributed by atoms with Crippen LogP contribution in [0.4, 0.5) is 23.2 Å². The third-order valence-corrected chi connectivity index (χ3v) is 3.56. The Morgan fingerprint density at radius 3 is 2.37 bits per heavy atom. The minimum absolute atomic E-state index is 0.0743. The van der Waals surface area contributed by atoms with Gasteiger partial charge in [0.2, 0.25) is 0 Å². The summed E-state index contributed by atoms with van der Waals surface area (Å²) in [6.07, 6.45) is -3.97. The van der Waals surface area contributed by atoms with E-state index in [1.807, 2.05) is 4.90 Å². The number of nitrogens with two attached hydrogens (primary N) is 1. The van der Waals surface area contributed by atoms with Crippen molar-refractivity contribution in [2.75, 3.05) is 18.0 Å². The lowest BCUT2D eigenvalue weighted by molar-refractivity contribution is -0.179. The SMILES string of the molecule is NCc1cc(F)ccc1N1CCC(C(F)(F)F)CC1. The number of rotatable bonds is 2. The van der Waals surface area contributed by atoms with Crippen molar-refractivity contribution < 1.29 is 17.6 Å². The van der Waals surface area contributed by atoms with Gasteiger partial charge in [-0.05, 0) is 36.6 Å². The van der Waals surface area contributed by atoms with E-state index < -0.39 is 12.1 Å². The molecule has 6 heteroatoms. The highest BCUT2D eigenvalue weighted by molar-refractivity contribution is 5.54. The number of nitrogens with zero attached hydrogens (tertiary/aromatic N) is 1. The van der Waals surface area contributed by atoms with Gasteiger partial charge in [0.1, 0.15) is 5.82 Å². The molecular formula is C13H16F4N2. The summed E-state index contributed by atoms with van der Waals surface area (Å²) in [4.78, 5) is 1.85. The molecule has 0 aromatic heterocycles. The second-order valence-corrected chi connectivity index (χ2v) is 4.78. The summed E-state index contributed by atoms with van der Waals surface area (Å²) in [5.41, 5.74) is 6.92. The molecule has 106 valence electrons. The molecule has 1 saturated heterocycles. The average Bonchev–Trinajstić information content (AvgIpc) is 2.37. The Bertz CT molecular complexity index is 437. The minimum Gasteiger partial charge on any atom is -0.371 e. The molecule has 1 aliphatic heterocycles. The molecule has 1 heterocycles. The van der Waals surface area contributed by atoms with Crippen molar-refractivity contribution in [2.45, 2.75) is 25.6 Å². The van der Waals surface area contributed by atoms with Crippen LogP contribution in [-0.2, 0) is 6.54 Å². The van der Waals surface area contributed by atoms with Crippen molar-refractivity contribution in [3.63, 3.8) is 0 Å². The first-order valence-corrected chi connectivity index (χ1v) is 6.22. The van der Waals surface area contributed by atoms with E-state index in [2.05, 4.69) is 0 Å². The van der Waals surface area contributed by atoms with Crippen LogP contribution in [-0.4, -0.2) is 19.3 Å². The van der Waals surface area contributed by atoms with Crippen LogP contribution in [0.25, 0.3) is 0 Å². The first-order chi connectivity index (χ1) is 8.91. The third-order valence-electron chi connectivity index (χ3n) is 3.56. The number of halogens is 4. The first kappa shape index (κ1) is 14.1. The Labute approximate surface area is 109 Å². The Kier molecular flexibility index (Phi) is 3.99. The lowest BCUT2D eigenvalue weighted by Crippen LogP contribution is -2.39. The maximum absolute atomic E-state index is 13.1. The van der Waals surface area contributed by atoms with Crippen molar-refractivity contribution >= 4 is 5.69 Å². The maximum Gasteiger partial charge on any atom is 0.391 e. The number of alkyl halides is 3. The van der Waals surface area contributed by atoms with Gasteiger partial charge in [-0.25, -0.2) is 4.39 Å². The number of anilines is 1. The second kappa shape index (κ2) is 5.36. The maximum atomic E-state index is 13.1. The second-order valence-electron chi connectivity index (χ2n) is 4.78. The molecule has 0 saturated carbocycles. The molecule has 1 fully saturated rings. The van der Waals surface area contributed by atoms with Crippen molar-refractivity contribution in [1.82, 2.24) is 0 Å². The van der Waals surface area contributed by atoms with Gasteiger partial charge in [0, 0.05) is 25.3 Å². The van der Waals surface area contributed by atoms with Crippen LogP contribution in [0, 0.1) is 11.7 Å².